The summed E-state index contributed by atoms with van der Waals surface area (Å²) in [6.45, 7) is 14.5. The molecule has 0 saturated carbocycles. The lowest BCUT2D eigenvalue weighted by Gasteiger charge is -2.42. The number of nitrogens with zero attached hydrogens (tertiary/aromatic N) is 2. The molecule has 3 unspecified atom stereocenters. The van der Waals surface area contributed by atoms with E-state index in [-0.39, 0.29) is 34.7 Å². The van der Waals surface area contributed by atoms with Gasteiger partial charge in [0.15, 0.2) is 9.84 Å². The molecule has 11 nitrogen and oxygen atoms in total. The van der Waals surface area contributed by atoms with Gasteiger partial charge in [-0.15, -0.1) is 0 Å². The summed E-state index contributed by atoms with van der Waals surface area (Å²) in [5.74, 6) is 1.88. The van der Waals surface area contributed by atoms with Crippen LogP contribution >= 0.6 is 0 Å². The summed E-state index contributed by atoms with van der Waals surface area (Å²) in [6.07, 6.45) is 10.1. The van der Waals surface area contributed by atoms with Gasteiger partial charge in [-0.25, -0.2) is 8.42 Å². The molecule has 12 heteroatoms. The smallest absolute Gasteiger partial charge is 0.253 e. The van der Waals surface area contributed by atoms with E-state index in [0.717, 1.165) is 110 Å². The van der Waals surface area contributed by atoms with Crippen LogP contribution in [0.25, 0.3) is 5.57 Å². The first-order chi connectivity index (χ1) is 30.3. The molecule has 4 aromatic rings. The van der Waals surface area contributed by atoms with E-state index in [2.05, 4.69) is 16.7 Å². The minimum atomic E-state index is -3.33. The van der Waals surface area contributed by atoms with Crippen molar-refractivity contribution >= 4 is 27.2 Å². The molecule has 63 heavy (non-hydrogen) atoms. The van der Waals surface area contributed by atoms with E-state index in [1.165, 1.54) is 6.26 Å². The van der Waals surface area contributed by atoms with E-state index in [1.54, 1.807) is 24.3 Å². The van der Waals surface area contributed by atoms with E-state index < -0.39 is 9.84 Å². The van der Waals surface area contributed by atoms with Crippen LogP contribution in [0, 0.1) is 0 Å². The molecule has 0 bridgehead atoms. The second-order valence-electron chi connectivity index (χ2n) is 17.3. The van der Waals surface area contributed by atoms with Crippen LogP contribution in [0.3, 0.4) is 0 Å². The first-order valence-electron chi connectivity index (χ1n) is 22.8. The van der Waals surface area contributed by atoms with Crippen molar-refractivity contribution in [3.63, 3.8) is 0 Å². The van der Waals surface area contributed by atoms with Gasteiger partial charge in [0.05, 0.1) is 4.90 Å². The summed E-state index contributed by atoms with van der Waals surface area (Å²) in [6, 6.07) is 26.2. The van der Waals surface area contributed by atoms with E-state index >= 15 is 0 Å². The molecule has 336 valence electrons. The molecular formula is C51H64N4O7S. The fourth-order valence-electron chi connectivity index (χ4n) is 9.58. The van der Waals surface area contributed by atoms with Crippen molar-refractivity contribution in [1.82, 2.24) is 20.4 Å². The van der Waals surface area contributed by atoms with E-state index in [0.29, 0.717) is 42.2 Å². The number of fused-ring (bicyclic) bond motifs is 2. The van der Waals surface area contributed by atoms with E-state index in [4.69, 9.17) is 9.47 Å². The predicted molar refractivity (Wildman–Crippen MR) is 249 cm³/mol. The summed E-state index contributed by atoms with van der Waals surface area (Å²) < 4.78 is 37.6. The van der Waals surface area contributed by atoms with Crippen molar-refractivity contribution < 1.29 is 32.6 Å². The largest absolute Gasteiger partial charge is 0.508 e. The maximum absolute atomic E-state index is 12.8. The Morgan fingerprint density at radius 2 is 1.29 bits per heavy atom. The lowest BCUT2D eigenvalue weighted by molar-refractivity contribution is 0.0280. The fraction of sp³-hybridized carbons (Fsp3) is 0.451. The van der Waals surface area contributed by atoms with Gasteiger partial charge in [-0.3, -0.25) is 9.59 Å². The molecule has 0 radical (unpaired) electrons. The second kappa shape index (κ2) is 19.7. The zero-order valence-corrected chi connectivity index (χ0v) is 38.4. The molecule has 8 rings (SSSR count). The third-order valence-electron chi connectivity index (χ3n) is 13.2. The molecule has 2 spiro atoms. The van der Waals surface area contributed by atoms with Crippen molar-refractivity contribution in [1.29, 1.82) is 0 Å². The molecule has 4 aromatic carbocycles. The normalized spacial score (nSPS) is 21.8. The molecule has 0 aromatic heterocycles. The van der Waals surface area contributed by atoms with Crippen LogP contribution in [0.1, 0.15) is 122 Å². The molecule has 4 heterocycles. The topological polar surface area (TPSA) is 138 Å². The van der Waals surface area contributed by atoms with Crippen molar-refractivity contribution in [3.05, 3.63) is 124 Å². The summed E-state index contributed by atoms with van der Waals surface area (Å²) in [7, 11) is -3.33. The number of nitrogens with one attached hydrogen (secondary N) is 2. The minimum Gasteiger partial charge on any atom is -0.508 e. The van der Waals surface area contributed by atoms with Crippen LogP contribution in [-0.2, 0) is 9.84 Å². The van der Waals surface area contributed by atoms with Crippen molar-refractivity contribution in [2.45, 2.75) is 94.7 Å². The number of carbonyl (C=O) groups is 2. The number of benzene rings is 4. The van der Waals surface area contributed by atoms with Crippen LogP contribution in [0.5, 0.6) is 17.2 Å². The third kappa shape index (κ3) is 10.3. The van der Waals surface area contributed by atoms with Crippen molar-refractivity contribution in [2.75, 3.05) is 58.6 Å². The van der Waals surface area contributed by atoms with Gasteiger partial charge in [-0.2, -0.15) is 0 Å². The molecular weight excluding hydrogens is 813 g/mol. The number of aromatic hydroxyl groups is 1. The van der Waals surface area contributed by atoms with Crippen LogP contribution in [0.15, 0.2) is 95.9 Å². The Bertz CT molecular complexity index is 2370. The minimum absolute atomic E-state index is 0.00570. The van der Waals surface area contributed by atoms with Crippen LogP contribution in [-0.4, -0.2) is 105 Å². The van der Waals surface area contributed by atoms with Gasteiger partial charge in [0, 0.05) is 67.0 Å². The monoisotopic (exact) mass is 876 g/mol. The predicted octanol–water partition coefficient (Wildman–Crippen LogP) is 8.21. The summed E-state index contributed by atoms with van der Waals surface area (Å²) >= 11 is 0. The number of rotatable bonds is 9. The fourth-order valence-corrected chi connectivity index (χ4v) is 10.2. The van der Waals surface area contributed by atoms with Gasteiger partial charge in [-0.1, -0.05) is 24.3 Å². The number of ether oxygens (including phenoxy) is 2. The standard InChI is InChI=1S/C26H34N2O4S.C25H30N2O3/c1-4-28(5-2)25(29)20-9-7-19(8-10-20)23-18-26(13-6-15-27-16-14-26)32-24-12-11-21(17-22(23)24)33(3,30)31;1-3-27(4-2)24(29)19-8-6-18(7-9-19)22-17-25(12-5-14-26-15-13-25)30-23-11-10-20(28)16-21(22)23/h7-12,17,23,27H,4-6,13-16,18H2,1-3H3;6-11,16-17,26,28H,3-5,12-15H2,1-2H3. The lowest BCUT2D eigenvalue weighted by Crippen LogP contribution is -2.42. The summed E-state index contributed by atoms with van der Waals surface area (Å²) in [4.78, 5) is 29.4. The summed E-state index contributed by atoms with van der Waals surface area (Å²) in [5, 5.41) is 17.0. The Morgan fingerprint density at radius 3 is 1.90 bits per heavy atom. The maximum atomic E-state index is 12.8. The lowest BCUT2D eigenvalue weighted by atomic mass is 9.75. The van der Waals surface area contributed by atoms with Crippen molar-refractivity contribution in [3.8, 4) is 17.2 Å². The van der Waals surface area contributed by atoms with Gasteiger partial charge < -0.3 is 35.0 Å². The quantitative estimate of drug-likeness (QED) is 0.152. The average molecular weight is 877 g/mol. The highest BCUT2D eigenvalue weighted by Crippen LogP contribution is 2.48. The Labute approximate surface area is 373 Å². The third-order valence-corrected chi connectivity index (χ3v) is 14.3. The van der Waals surface area contributed by atoms with Crippen molar-refractivity contribution in [2.24, 2.45) is 0 Å². The highest BCUT2D eigenvalue weighted by molar-refractivity contribution is 7.90. The average Bonchev–Trinajstić information content (AvgIpc) is 3.66. The molecule has 2 amide bonds. The van der Waals surface area contributed by atoms with Crippen LogP contribution in [0.4, 0.5) is 0 Å². The zero-order valence-electron chi connectivity index (χ0n) is 37.5. The molecule has 2 fully saturated rings. The SMILES string of the molecule is CCN(CC)C(=O)c1ccc(C2=CC3(CCCNCC3)Oc3ccc(O)cc32)cc1.CCN(CC)C(=O)c1ccc(C2CC3(CCCNCC3)Oc3ccc(S(C)(=O)=O)cc32)cc1. The number of hydrogen-bond donors (Lipinski definition) is 3. The molecule has 4 aliphatic heterocycles. The number of phenolic OH excluding ortho intramolecular Hbond substituents is 1. The number of amides is 2. The molecule has 0 aliphatic carbocycles. The first-order valence-corrected chi connectivity index (χ1v) is 24.7. The number of carbonyl (C=O) groups excluding carboxylic acids is 2. The van der Waals surface area contributed by atoms with Crippen LogP contribution in [0.2, 0.25) is 0 Å². The number of hydrogen-bond acceptors (Lipinski definition) is 9. The van der Waals surface area contributed by atoms with E-state index in [9.17, 15) is 23.1 Å². The van der Waals surface area contributed by atoms with Crippen LogP contribution < -0.4 is 20.1 Å². The van der Waals surface area contributed by atoms with E-state index in [1.807, 2.05) is 98.2 Å². The second-order valence-corrected chi connectivity index (χ2v) is 19.3. The van der Waals surface area contributed by atoms with Gasteiger partial charge >= 0.3 is 0 Å². The number of sulfone groups is 1. The first kappa shape index (κ1) is 45.8. The Hall–Kier alpha value is -5.17. The molecule has 3 atom stereocenters. The Morgan fingerprint density at radius 1 is 0.698 bits per heavy atom. The van der Waals surface area contributed by atoms with Gasteiger partial charge in [0.1, 0.15) is 28.5 Å². The maximum Gasteiger partial charge on any atom is 0.253 e. The molecule has 2 saturated heterocycles. The van der Waals surface area contributed by atoms with Gasteiger partial charge in [0.2, 0.25) is 0 Å². The molecule has 4 aliphatic rings. The highest BCUT2D eigenvalue weighted by Gasteiger charge is 2.42. The highest BCUT2D eigenvalue weighted by atomic mass is 32.2. The van der Waals surface area contributed by atoms with Gasteiger partial charge in [-0.05, 0) is 176 Å². The Kier molecular flexibility index (Phi) is 14.3. The summed E-state index contributed by atoms with van der Waals surface area (Å²) in [5.41, 5.74) is 5.70. The zero-order chi connectivity index (χ0) is 44.8. The Balaban J connectivity index is 0.000000190. The van der Waals surface area contributed by atoms with Gasteiger partial charge in [0.25, 0.3) is 11.8 Å². The molecule has 3 N–H and O–H groups in total. The number of phenols is 1.